The standard InChI is InChI=1S/C18H19N3O6/c1-11(2)27-18(24)13-4-6-14(7-5-13)19-16(22)10-20-12(3)15(21(25)26)8-9-17(20)23/h4-9,11H,10H2,1-3H3,(H,19,22). The Hall–Kier alpha value is -3.49. The molecule has 0 spiro atoms. The number of aromatic nitrogens is 1. The molecule has 0 aliphatic rings. The van der Waals surface area contributed by atoms with Gasteiger partial charge in [0.05, 0.1) is 22.3 Å². The van der Waals surface area contributed by atoms with Gasteiger partial charge in [-0.05, 0) is 45.0 Å². The maximum atomic E-state index is 12.2. The van der Waals surface area contributed by atoms with Gasteiger partial charge < -0.3 is 10.1 Å². The SMILES string of the molecule is Cc1c([N+](=O)[O-])ccc(=O)n1CC(=O)Nc1ccc(C(=O)OC(C)C)cc1. The lowest BCUT2D eigenvalue weighted by molar-refractivity contribution is -0.386. The molecule has 1 amide bonds. The average molecular weight is 373 g/mol. The van der Waals surface area contributed by atoms with E-state index in [0.29, 0.717) is 11.3 Å². The normalized spacial score (nSPS) is 10.5. The Bertz CT molecular complexity index is 931. The molecular weight excluding hydrogens is 354 g/mol. The minimum Gasteiger partial charge on any atom is -0.459 e. The van der Waals surface area contributed by atoms with Crippen LogP contribution in [0.2, 0.25) is 0 Å². The first-order chi connectivity index (χ1) is 12.7. The highest BCUT2D eigenvalue weighted by atomic mass is 16.6. The molecule has 0 unspecified atom stereocenters. The number of carbonyl (C=O) groups is 2. The first-order valence-corrected chi connectivity index (χ1v) is 8.14. The van der Waals surface area contributed by atoms with Crippen LogP contribution in [0.25, 0.3) is 0 Å². The van der Waals surface area contributed by atoms with E-state index in [1.165, 1.54) is 31.2 Å². The molecule has 0 aliphatic carbocycles. The van der Waals surface area contributed by atoms with Crippen LogP contribution in [0.15, 0.2) is 41.2 Å². The van der Waals surface area contributed by atoms with Crippen molar-refractivity contribution < 1.29 is 19.2 Å². The molecule has 0 saturated carbocycles. The maximum absolute atomic E-state index is 12.2. The van der Waals surface area contributed by atoms with Crippen LogP contribution in [0.5, 0.6) is 0 Å². The number of esters is 1. The lowest BCUT2D eigenvalue weighted by atomic mass is 10.2. The van der Waals surface area contributed by atoms with Crippen molar-refractivity contribution in [1.82, 2.24) is 4.57 Å². The minimum absolute atomic E-state index is 0.0921. The zero-order chi connectivity index (χ0) is 20.1. The summed E-state index contributed by atoms with van der Waals surface area (Å²) in [5, 5.41) is 13.5. The highest BCUT2D eigenvalue weighted by molar-refractivity contribution is 5.93. The van der Waals surface area contributed by atoms with E-state index in [1.54, 1.807) is 13.8 Å². The molecule has 0 aliphatic heterocycles. The van der Waals surface area contributed by atoms with Crippen LogP contribution in [0.3, 0.4) is 0 Å². The zero-order valence-electron chi connectivity index (χ0n) is 15.1. The van der Waals surface area contributed by atoms with Gasteiger partial charge in [0, 0.05) is 17.8 Å². The number of hydrogen-bond acceptors (Lipinski definition) is 6. The highest BCUT2D eigenvalue weighted by Gasteiger charge is 2.17. The summed E-state index contributed by atoms with van der Waals surface area (Å²) in [5.41, 5.74) is 0.0922. The molecule has 0 radical (unpaired) electrons. The van der Waals surface area contributed by atoms with Crippen LogP contribution in [0.4, 0.5) is 11.4 Å². The van der Waals surface area contributed by atoms with Crippen LogP contribution >= 0.6 is 0 Å². The summed E-state index contributed by atoms with van der Waals surface area (Å²) in [6, 6.07) is 8.22. The molecule has 142 valence electrons. The Kier molecular flexibility index (Phi) is 6.07. The number of nitrogens with zero attached hydrogens (tertiary/aromatic N) is 2. The number of nitrogens with one attached hydrogen (secondary N) is 1. The van der Waals surface area contributed by atoms with E-state index in [9.17, 15) is 24.5 Å². The van der Waals surface area contributed by atoms with Crippen molar-refractivity contribution in [1.29, 1.82) is 0 Å². The molecule has 1 heterocycles. The van der Waals surface area contributed by atoms with Gasteiger partial charge >= 0.3 is 5.97 Å². The molecule has 1 N–H and O–H groups in total. The first kappa shape index (κ1) is 19.8. The van der Waals surface area contributed by atoms with Crippen LogP contribution < -0.4 is 10.9 Å². The van der Waals surface area contributed by atoms with Gasteiger partial charge in [-0.15, -0.1) is 0 Å². The second-order valence-electron chi connectivity index (χ2n) is 6.07. The largest absolute Gasteiger partial charge is 0.459 e. The fourth-order valence-corrected chi connectivity index (χ4v) is 2.37. The number of hydrogen-bond donors (Lipinski definition) is 1. The third-order valence-corrected chi connectivity index (χ3v) is 3.67. The van der Waals surface area contributed by atoms with E-state index in [1.807, 2.05) is 0 Å². The summed E-state index contributed by atoms with van der Waals surface area (Å²) >= 11 is 0. The van der Waals surface area contributed by atoms with E-state index in [-0.39, 0.29) is 24.0 Å². The van der Waals surface area contributed by atoms with Crippen molar-refractivity contribution >= 4 is 23.3 Å². The molecule has 1 aromatic heterocycles. The highest BCUT2D eigenvalue weighted by Crippen LogP contribution is 2.15. The number of ether oxygens (including phenoxy) is 1. The van der Waals surface area contributed by atoms with Crippen LogP contribution in [0.1, 0.15) is 29.9 Å². The zero-order valence-corrected chi connectivity index (χ0v) is 15.1. The van der Waals surface area contributed by atoms with Gasteiger partial charge in [0.25, 0.3) is 11.2 Å². The Labute approximate surface area is 154 Å². The number of rotatable bonds is 6. The summed E-state index contributed by atoms with van der Waals surface area (Å²) in [4.78, 5) is 46.3. The predicted molar refractivity (Wildman–Crippen MR) is 97.7 cm³/mol. The molecular formula is C18H19N3O6. The van der Waals surface area contributed by atoms with E-state index in [2.05, 4.69) is 5.32 Å². The topological polar surface area (TPSA) is 121 Å². The van der Waals surface area contributed by atoms with Crippen molar-refractivity contribution in [2.75, 3.05) is 5.32 Å². The number of carbonyl (C=O) groups excluding carboxylic acids is 2. The molecule has 0 saturated heterocycles. The summed E-state index contributed by atoms with van der Waals surface area (Å²) in [6.07, 6.45) is -0.242. The first-order valence-electron chi connectivity index (χ1n) is 8.14. The van der Waals surface area contributed by atoms with E-state index < -0.39 is 22.4 Å². The molecule has 9 nitrogen and oxygen atoms in total. The molecule has 27 heavy (non-hydrogen) atoms. The van der Waals surface area contributed by atoms with Crippen molar-refractivity contribution in [2.24, 2.45) is 0 Å². The monoisotopic (exact) mass is 373 g/mol. The summed E-state index contributed by atoms with van der Waals surface area (Å²) in [7, 11) is 0. The Morgan fingerprint density at radius 3 is 2.37 bits per heavy atom. The van der Waals surface area contributed by atoms with Crippen LogP contribution in [0, 0.1) is 17.0 Å². The van der Waals surface area contributed by atoms with E-state index in [4.69, 9.17) is 4.74 Å². The van der Waals surface area contributed by atoms with Crippen LogP contribution in [-0.4, -0.2) is 27.5 Å². The molecule has 0 fully saturated rings. The number of anilines is 1. The molecule has 0 bridgehead atoms. The number of pyridine rings is 1. The molecule has 9 heteroatoms. The van der Waals surface area contributed by atoms with Crippen molar-refractivity contribution in [2.45, 2.75) is 33.4 Å². The smallest absolute Gasteiger partial charge is 0.338 e. The number of benzene rings is 1. The molecule has 2 aromatic rings. The molecule has 2 rings (SSSR count). The summed E-state index contributed by atoms with van der Waals surface area (Å²) < 4.78 is 6.10. The fraction of sp³-hybridized carbons (Fsp3) is 0.278. The quantitative estimate of drug-likeness (QED) is 0.471. The molecule has 0 atom stereocenters. The maximum Gasteiger partial charge on any atom is 0.338 e. The second kappa shape index (κ2) is 8.26. The van der Waals surface area contributed by atoms with E-state index >= 15 is 0 Å². The van der Waals surface area contributed by atoms with Gasteiger partial charge in [-0.3, -0.25) is 24.3 Å². The summed E-state index contributed by atoms with van der Waals surface area (Å²) in [5.74, 6) is -1.00. The van der Waals surface area contributed by atoms with Gasteiger partial charge in [0.1, 0.15) is 6.54 Å². The van der Waals surface area contributed by atoms with Gasteiger partial charge in [-0.25, -0.2) is 4.79 Å². The Morgan fingerprint density at radius 2 is 1.81 bits per heavy atom. The van der Waals surface area contributed by atoms with Gasteiger partial charge in [0.15, 0.2) is 0 Å². The average Bonchev–Trinajstić information content (AvgIpc) is 2.58. The summed E-state index contributed by atoms with van der Waals surface area (Å²) in [6.45, 7) is 4.51. The second-order valence-corrected chi connectivity index (χ2v) is 6.07. The third-order valence-electron chi connectivity index (χ3n) is 3.67. The Balaban J connectivity index is 2.11. The lowest BCUT2D eigenvalue weighted by Gasteiger charge is -2.11. The Morgan fingerprint density at radius 1 is 1.19 bits per heavy atom. The fourth-order valence-electron chi connectivity index (χ4n) is 2.37. The van der Waals surface area contributed by atoms with Crippen molar-refractivity contribution in [3.63, 3.8) is 0 Å². The number of nitro groups is 1. The van der Waals surface area contributed by atoms with Crippen LogP contribution in [-0.2, 0) is 16.1 Å². The van der Waals surface area contributed by atoms with Gasteiger partial charge in [0.2, 0.25) is 5.91 Å². The van der Waals surface area contributed by atoms with Crippen molar-refractivity contribution in [3.8, 4) is 0 Å². The molecule has 1 aromatic carbocycles. The van der Waals surface area contributed by atoms with E-state index in [0.717, 1.165) is 16.7 Å². The van der Waals surface area contributed by atoms with Crippen molar-refractivity contribution in [3.05, 3.63) is 68.1 Å². The minimum atomic E-state index is -0.613. The number of amides is 1. The van der Waals surface area contributed by atoms with Gasteiger partial charge in [-0.1, -0.05) is 0 Å². The third kappa shape index (κ3) is 5.00. The van der Waals surface area contributed by atoms with Gasteiger partial charge in [-0.2, -0.15) is 0 Å². The predicted octanol–water partition coefficient (Wildman–Crippen LogP) is 2.27. The lowest BCUT2D eigenvalue weighted by Crippen LogP contribution is -2.29.